The van der Waals surface area contributed by atoms with E-state index in [4.69, 9.17) is 0 Å². The number of hydrogen-bond donors (Lipinski definition) is 2. The Morgan fingerprint density at radius 3 is 2.52 bits per heavy atom. The summed E-state index contributed by atoms with van der Waals surface area (Å²) in [6, 6.07) is 9.69. The Bertz CT molecular complexity index is 739. The average molecular weight is 328 g/mol. The van der Waals surface area contributed by atoms with Gasteiger partial charge in [0.15, 0.2) is 5.13 Å². The summed E-state index contributed by atoms with van der Waals surface area (Å²) in [7, 11) is 0. The fraction of sp³-hybridized carbons (Fsp3) is 0.235. The molecule has 1 aliphatic carbocycles. The third kappa shape index (κ3) is 3.48. The maximum absolute atomic E-state index is 12.4. The molecule has 1 aromatic heterocycles. The van der Waals surface area contributed by atoms with Crippen LogP contribution in [0, 0.1) is 11.8 Å². The fourth-order valence-electron chi connectivity index (χ4n) is 2.65. The van der Waals surface area contributed by atoms with Gasteiger partial charge in [0.1, 0.15) is 0 Å². The number of carboxylic acid groups (broad SMARTS) is 1. The van der Waals surface area contributed by atoms with E-state index in [9.17, 15) is 14.7 Å². The average Bonchev–Trinajstić information content (AvgIpc) is 3.04. The number of nitrogens with one attached hydrogen (secondary N) is 1. The van der Waals surface area contributed by atoms with E-state index >= 15 is 0 Å². The molecule has 1 heterocycles. The van der Waals surface area contributed by atoms with E-state index in [2.05, 4.69) is 10.3 Å². The second kappa shape index (κ2) is 6.75. The third-order valence-corrected chi connectivity index (χ3v) is 4.65. The molecule has 0 aliphatic heterocycles. The molecule has 23 heavy (non-hydrogen) atoms. The summed E-state index contributed by atoms with van der Waals surface area (Å²) >= 11 is 1.34. The molecule has 1 aliphatic rings. The van der Waals surface area contributed by atoms with Crippen LogP contribution < -0.4 is 5.32 Å². The van der Waals surface area contributed by atoms with Gasteiger partial charge in [-0.2, -0.15) is 0 Å². The Balaban J connectivity index is 1.72. The first-order chi connectivity index (χ1) is 11.1. The van der Waals surface area contributed by atoms with Gasteiger partial charge in [-0.1, -0.05) is 42.5 Å². The van der Waals surface area contributed by atoms with E-state index < -0.39 is 17.8 Å². The van der Waals surface area contributed by atoms with Crippen LogP contribution in [-0.4, -0.2) is 22.0 Å². The van der Waals surface area contributed by atoms with Crippen molar-refractivity contribution in [3.63, 3.8) is 0 Å². The van der Waals surface area contributed by atoms with Crippen molar-refractivity contribution in [2.75, 3.05) is 5.32 Å². The van der Waals surface area contributed by atoms with Crippen LogP contribution in [0.1, 0.15) is 12.8 Å². The van der Waals surface area contributed by atoms with Crippen LogP contribution in [0.3, 0.4) is 0 Å². The molecule has 1 aromatic carbocycles. The zero-order valence-electron chi connectivity index (χ0n) is 12.3. The predicted molar refractivity (Wildman–Crippen MR) is 89.2 cm³/mol. The molecule has 0 saturated heterocycles. The van der Waals surface area contributed by atoms with E-state index in [1.165, 1.54) is 11.3 Å². The topological polar surface area (TPSA) is 79.3 Å². The molecule has 0 bridgehead atoms. The summed E-state index contributed by atoms with van der Waals surface area (Å²) < 4.78 is 0. The monoisotopic (exact) mass is 328 g/mol. The van der Waals surface area contributed by atoms with E-state index in [1.807, 2.05) is 47.9 Å². The van der Waals surface area contributed by atoms with Gasteiger partial charge in [-0.3, -0.25) is 9.59 Å². The number of anilines is 1. The first-order valence-corrected chi connectivity index (χ1v) is 8.22. The third-order valence-electron chi connectivity index (χ3n) is 3.89. The first-order valence-electron chi connectivity index (χ1n) is 7.35. The van der Waals surface area contributed by atoms with Crippen LogP contribution in [0.5, 0.6) is 0 Å². The molecule has 2 unspecified atom stereocenters. The molecule has 1 amide bonds. The predicted octanol–water partition coefficient (Wildman–Crippen LogP) is 3.42. The van der Waals surface area contributed by atoms with Gasteiger partial charge in [0.2, 0.25) is 5.91 Å². The Kier molecular flexibility index (Phi) is 4.52. The number of rotatable bonds is 4. The number of amides is 1. The second-order valence-electron chi connectivity index (χ2n) is 5.39. The van der Waals surface area contributed by atoms with Crippen LogP contribution in [-0.2, 0) is 9.59 Å². The lowest BCUT2D eigenvalue weighted by Gasteiger charge is -2.23. The van der Waals surface area contributed by atoms with E-state index in [0.29, 0.717) is 18.0 Å². The first kappa shape index (κ1) is 15.4. The minimum Gasteiger partial charge on any atom is -0.481 e. The zero-order chi connectivity index (χ0) is 16.2. The van der Waals surface area contributed by atoms with Gasteiger partial charge in [0, 0.05) is 10.9 Å². The lowest BCUT2D eigenvalue weighted by atomic mass is 9.82. The second-order valence-corrected chi connectivity index (χ2v) is 6.25. The normalized spacial score (nSPS) is 20.2. The maximum Gasteiger partial charge on any atom is 0.307 e. The molecule has 118 valence electrons. The molecule has 6 heteroatoms. The fourth-order valence-corrected chi connectivity index (χ4v) is 3.37. The van der Waals surface area contributed by atoms with Crippen molar-refractivity contribution in [1.82, 2.24) is 4.98 Å². The molecule has 0 radical (unpaired) electrons. The SMILES string of the molecule is O=C(O)C1CC=CCC1C(=O)Nc1nc(-c2ccccc2)cs1. The highest BCUT2D eigenvalue weighted by Crippen LogP contribution is 2.29. The molecule has 2 N–H and O–H groups in total. The number of benzene rings is 1. The van der Waals surface area contributed by atoms with Gasteiger partial charge in [-0.05, 0) is 12.8 Å². The number of hydrogen-bond acceptors (Lipinski definition) is 4. The zero-order valence-corrected chi connectivity index (χ0v) is 13.1. The highest BCUT2D eigenvalue weighted by Gasteiger charge is 2.34. The molecule has 0 saturated carbocycles. The molecule has 3 rings (SSSR count). The van der Waals surface area contributed by atoms with E-state index in [-0.39, 0.29) is 5.91 Å². The summed E-state index contributed by atoms with van der Waals surface area (Å²) in [5, 5.41) is 14.4. The van der Waals surface area contributed by atoms with E-state index in [0.717, 1.165) is 11.3 Å². The smallest absolute Gasteiger partial charge is 0.307 e. The van der Waals surface area contributed by atoms with Gasteiger partial charge >= 0.3 is 5.97 Å². The quantitative estimate of drug-likeness (QED) is 0.843. The summed E-state index contributed by atoms with van der Waals surface area (Å²) in [6.45, 7) is 0. The van der Waals surface area contributed by atoms with Crippen LogP contribution in [0.4, 0.5) is 5.13 Å². The Morgan fingerprint density at radius 1 is 1.13 bits per heavy atom. The number of nitrogens with zero attached hydrogens (tertiary/aromatic N) is 1. The van der Waals surface area contributed by atoms with Crippen LogP contribution in [0.25, 0.3) is 11.3 Å². The molecule has 2 atom stereocenters. The van der Waals surface area contributed by atoms with Crippen molar-refractivity contribution in [2.24, 2.45) is 11.8 Å². The number of carbonyl (C=O) groups excluding carboxylic acids is 1. The number of carbonyl (C=O) groups is 2. The van der Waals surface area contributed by atoms with E-state index in [1.54, 1.807) is 0 Å². The summed E-state index contributed by atoms with van der Waals surface area (Å²) in [5.74, 6) is -2.44. The van der Waals surface area contributed by atoms with Gasteiger partial charge in [-0.15, -0.1) is 11.3 Å². The van der Waals surface area contributed by atoms with Gasteiger partial charge < -0.3 is 10.4 Å². The van der Waals surface area contributed by atoms with Gasteiger partial charge in [-0.25, -0.2) is 4.98 Å². The maximum atomic E-state index is 12.4. The number of aliphatic carboxylic acids is 1. The lowest BCUT2D eigenvalue weighted by molar-refractivity contribution is -0.146. The Morgan fingerprint density at radius 2 is 1.83 bits per heavy atom. The lowest BCUT2D eigenvalue weighted by Crippen LogP contribution is -2.34. The van der Waals surface area contributed by atoms with Gasteiger partial charge in [0.25, 0.3) is 0 Å². The Labute approximate surface area is 137 Å². The van der Waals surface area contributed by atoms with Crippen molar-refractivity contribution in [2.45, 2.75) is 12.8 Å². The molecule has 5 nitrogen and oxygen atoms in total. The van der Waals surface area contributed by atoms with Gasteiger partial charge in [0.05, 0.1) is 17.5 Å². The molecular formula is C17H16N2O3S. The minimum atomic E-state index is -0.932. The largest absolute Gasteiger partial charge is 0.481 e. The number of aromatic nitrogens is 1. The molecular weight excluding hydrogens is 312 g/mol. The van der Waals surface area contributed by atoms with Crippen LogP contribution in [0.15, 0.2) is 47.9 Å². The molecule has 0 fully saturated rings. The number of allylic oxidation sites excluding steroid dienone is 2. The summed E-state index contributed by atoms with van der Waals surface area (Å²) in [6.07, 6.45) is 4.51. The van der Waals surface area contributed by atoms with Crippen molar-refractivity contribution in [1.29, 1.82) is 0 Å². The number of thiazole rings is 1. The minimum absolute atomic E-state index is 0.282. The highest BCUT2D eigenvalue weighted by molar-refractivity contribution is 7.14. The standard InChI is InChI=1S/C17H16N2O3S/c20-15(12-8-4-5-9-13(12)16(21)22)19-17-18-14(10-23-17)11-6-2-1-3-7-11/h1-7,10,12-13H,8-9H2,(H,21,22)(H,18,19,20). The summed E-state index contributed by atoms with van der Waals surface area (Å²) in [5.41, 5.74) is 1.78. The van der Waals surface area contributed by atoms with Crippen LogP contribution >= 0.6 is 11.3 Å². The van der Waals surface area contributed by atoms with Crippen molar-refractivity contribution < 1.29 is 14.7 Å². The number of carboxylic acids is 1. The molecule has 2 aromatic rings. The van der Waals surface area contributed by atoms with Crippen molar-refractivity contribution >= 4 is 28.3 Å². The highest BCUT2D eigenvalue weighted by atomic mass is 32.1. The molecule has 0 spiro atoms. The van der Waals surface area contributed by atoms with Crippen molar-refractivity contribution in [3.05, 3.63) is 47.9 Å². The summed E-state index contributed by atoms with van der Waals surface area (Å²) in [4.78, 5) is 28.1. The van der Waals surface area contributed by atoms with Crippen molar-refractivity contribution in [3.8, 4) is 11.3 Å². The van der Waals surface area contributed by atoms with Crippen LogP contribution in [0.2, 0.25) is 0 Å². The Hall–Kier alpha value is -2.47.